The lowest BCUT2D eigenvalue weighted by molar-refractivity contribution is 0.411. The molecule has 2 rings (SSSR count). The van der Waals surface area contributed by atoms with E-state index in [0.29, 0.717) is 10.9 Å². The molecule has 1 heterocycles. The summed E-state index contributed by atoms with van der Waals surface area (Å²) in [5.41, 5.74) is 0.774. The summed E-state index contributed by atoms with van der Waals surface area (Å²) in [6.07, 6.45) is 1.57. The molecule has 0 N–H and O–H groups in total. The Kier molecular flexibility index (Phi) is 3.77. The lowest BCUT2D eigenvalue weighted by Crippen LogP contribution is -2.26. The number of methoxy groups -OCH3 is 1. The van der Waals surface area contributed by atoms with E-state index >= 15 is 0 Å². The first kappa shape index (κ1) is 13.8. The Morgan fingerprint density at radius 1 is 1.37 bits per heavy atom. The van der Waals surface area contributed by atoms with Crippen LogP contribution in [0.4, 0.5) is 5.13 Å². The van der Waals surface area contributed by atoms with Gasteiger partial charge in [0.05, 0.1) is 12.0 Å². The second-order valence-corrected chi connectivity index (χ2v) is 6.76. The zero-order valence-electron chi connectivity index (χ0n) is 10.8. The topological polar surface area (TPSA) is 59.5 Å². The van der Waals surface area contributed by atoms with Gasteiger partial charge < -0.3 is 4.74 Å². The smallest absolute Gasteiger partial charge is 0.265 e. The Morgan fingerprint density at radius 2 is 2.11 bits per heavy atom. The minimum absolute atomic E-state index is 0.225. The summed E-state index contributed by atoms with van der Waals surface area (Å²) in [7, 11) is -0.536. The number of sulfonamides is 1. The highest BCUT2D eigenvalue weighted by Crippen LogP contribution is 2.26. The summed E-state index contributed by atoms with van der Waals surface area (Å²) < 4.78 is 31.2. The molecule has 0 aliphatic heterocycles. The van der Waals surface area contributed by atoms with E-state index < -0.39 is 10.0 Å². The molecule has 102 valence electrons. The minimum Gasteiger partial charge on any atom is -0.496 e. The van der Waals surface area contributed by atoms with Crippen LogP contribution in [0, 0.1) is 6.92 Å². The largest absolute Gasteiger partial charge is 0.496 e. The molecule has 0 atom stereocenters. The van der Waals surface area contributed by atoms with Crippen LogP contribution in [0.5, 0.6) is 5.75 Å². The summed E-state index contributed by atoms with van der Waals surface area (Å²) in [5.74, 6) is 0.663. The van der Waals surface area contributed by atoms with Gasteiger partial charge in [-0.3, -0.25) is 0 Å². The SMILES string of the molecule is COc1ccc(S(=O)(=O)N(C)c2nccs2)cc1C. The van der Waals surface area contributed by atoms with Crippen molar-refractivity contribution in [2.75, 3.05) is 18.5 Å². The van der Waals surface area contributed by atoms with Crippen LogP contribution in [-0.4, -0.2) is 27.6 Å². The van der Waals surface area contributed by atoms with Gasteiger partial charge in [0.1, 0.15) is 5.75 Å². The first-order chi connectivity index (χ1) is 8.96. The first-order valence-corrected chi connectivity index (χ1v) is 7.82. The number of ether oxygens (including phenoxy) is 1. The molecule has 0 spiro atoms. The van der Waals surface area contributed by atoms with E-state index in [1.807, 2.05) is 0 Å². The molecule has 7 heteroatoms. The van der Waals surface area contributed by atoms with E-state index in [2.05, 4.69) is 4.98 Å². The summed E-state index contributed by atoms with van der Waals surface area (Å²) in [5, 5.41) is 2.18. The highest BCUT2D eigenvalue weighted by Gasteiger charge is 2.23. The number of hydrogen-bond acceptors (Lipinski definition) is 5. The fraction of sp³-hybridized carbons (Fsp3) is 0.250. The maximum Gasteiger partial charge on any atom is 0.265 e. The molecule has 1 aromatic carbocycles. The van der Waals surface area contributed by atoms with Gasteiger partial charge in [0.2, 0.25) is 0 Å². The third-order valence-electron chi connectivity index (χ3n) is 2.71. The van der Waals surface area contributed by atoms with Gasteiger partial charge in [-0.2, -0.15) is 0 Å². The third-order valence-corrected chi connectivity index (χ3v) is 5.42. The average Bonchev–Trinajstić information content (AvgIpc) is 2.91. The van der Waals surface area contributed by atoms with E-state index in [4.69, 9.17) is 4.74 Å². The van der Waals surface area contributed by atoms with Gasteiger partial charge in [0.15, 0.2) is 5.13 Å². The van der Waals surface area contributed by atoms with Gasteiger partial charge in [-0.1, -0.05) is 0 Å². The van der Waals surface area contributed by atoms with Crippen molar-refractivity contribution >= 4 is 26.5 Å². The molecule has 5 nitrogen and oxygen atoms in total. The van der Waals surface area contributed by atoms with Crippen LogP contribution in [0.3, 0.4) is 0 Å². The van der Waals surface area contributed by atoms with Crippen molar-refractivity contribution < 1.29 is 13.2 Å². The standard InChI is InChI=1S/C12H14N2O3S2/c1-9-8-10(4-5-11(9)17-3)19(15,16)14(2)12-13-6-7-18-12/h4-8H,1-3H3. The normalized spacial score (nSPS) is 11.3. The second kappa shape index (κ2) is 5.18. The third kappa shape index (κ3) is 2.57. The number of aromatic nitrogens is 1. The Morgan fingerprint density at radius 3 is 2.63 bits per heavy atom. The number of rotatable bonds is 4. The Labute approximate surface area is 116 Å². The lowest BCUT2D eigenvalue weighted by atomic mass is 10.2. The van der Waals surface area contributed by atoms with E-state index in [1.54, 1.807) is 37.7 Å². The second-order valence-electron chi connectivity index (χ2n) is 3.92. The Hall–Kier alpha value is -1.60. The Bertz CT molecular complexity index is 666. The zero-order valence-corrected chi connectivity index (χ0v) is 12.5. The van der Waals surface area contributed by atoms with Crippen molar-refractivity contribution in [2.45, 2.75) is 11.8 Å². The summed E-state index contributed by atoms with van der Waals surface area (Å²) in [4.78, 5) is 4.23. The maximum absolute atomic E-state index is 12.4. The molecule has 0 bridgehead atoms. The average molecular weight is 298 g/mol. The van der Waals surface area contributed by atoms with Crippen molar-refractivity contribution in [1.82, 2.24) is 4.98 Å². The van der Waals surface area contributed by atoms with Gasteiger partial charge >= 0.3 is 0 Å². The molecule has 0 radical (unpaired) electrons. The first-order valence-electron chi connectivity index (χ1n) is 5.50. The molecule has 0 amide bonds. The van der Waals surface area contributed by atoms with E-state index in [0.717, 1.165) is 5.56 Å². The molecule has 0 saturated carbocycles. The van der Waals surface area contributed by atoms with Crippen LogP contribution < -0.4 is 9.04 Å². The van der Waals surface area contributed by atoms with Crippen LogP contribution >= 0.6 is 11.3 Å². The minimum atomic E-state index is -3.58. The molecule has 0 aliphatic rings. The highest BCUT2D eigenvalue weighted by atomic mass is 32.2. The quantitative estimate of drug-likeness (QED) is 0.869. The predicted molar refractivity (Wildman–Crippen MR) is 75.4 cm³/mol. The van der Waals surface area contributed by atoms with Gasteiger partial charge in [-0.05, 0) is 30.7 Å². The van der Waals surface area contributed by atoms with Crippen LogP contribution in [0.1, 0.15) is 5.56 Å². The molecular weight excluding hydrogens is 284 g/mol. The fourth-order valence-electron chi connectivity index (χ4n) is 1.64. The fourth-order valence-corrected chi connectivity index (χ4v) is 3.72. The van der Waals surface area contributed by atoms with Crippen molar-refractivity contribution in [3.8, 4) is 5.75 Å². The number of hydrogen-bond donors (Lipinski definition) is 0. The van der Waals surface area contributed by atoms with Crippen molar-refractivity contribution in [1.29, 1.82) is 0 Å². The van der Waals surface area contributed by atoms with Crippen molar-refractivity contribution in [3.05, 3.63) is 35.3 Å². The van der Waals surface area contributed by atoms with Gasteiger partial charge in [0.25, 0.3) is 10.0 Å². The van der Waals surface area contributed by atoms with Gasteiger partial charge in [0, 0.05) is 18.6 Å². The van der Waals surface area contributed by atoms with E-state index in [9.17, 15) is 8.42 Å². The van der Waals surface area contributed by atoms with Crippen molar-refractivity contribution in [3.63, 3.8) is 0 Å². The molecule has 0 fully saturated rings. The lowest BCUT2D eigenvalue weighted by Gasteiger charge is -2.17. The zero-order chi connectivity index (χ0) is 14.0. The number of benzene rings is 1. The van der Waals surface area contributed by atoms with Crippen LogP contribution in [0.15, 0.2) is 34.7 Å². The molecule has 0 unspecified atom stereocenters. The van der Waals surface area contributed by atoms with E-state index in [-0.39, 0.29) is 4.90 Å². The molecule has 2 aromatic rings. The number of thiazole rings is 1. The van der Waals surface area contributed by atoms with Crippen LogP contribution in [0.25, 0.3) is 0 Å². The van der Waals surface area contributed by atoms with Crippen LogP contribution in [-0.2, 0) is 10.0 Å². The van der Waals surface area contributed by atoms with E-state index in [1.165, 1.54) is 28.8 Å². The molecule has 19 heavy (non-hydrogen) atoms. The summed E-state index contributed by atoms with van der Waals surface area (Å²) >= 11 is 1.28. The molecular formula is C12H14N2O3S2. The number of anilines is 1. The summed E-state index contributed by atoms with van der Waals surface area (Å²) in [6.45, 7) is 1.81. The number of nitrogens with zero attached hydrogens (tertiary/aromatic N) is 2. The predicted octanol–water partition coefficient (Wildman–Crippen LogP) is 2.29. The highest BCUT2D eigenvalue weighted by molar-refractivity contribution is 7.93. The maximum atomic E-state index is 12.4. The van der Waals surface area contributed by atoms with Gasteiger partial charge in [-0.25, -0.2) is 17.7 Å². The molecule has 0 aliphatic carbocycles. The van der Waals surface area contributed by atoms with Crippen LogP contribution in [0.2, 0.25) is 0 Å². The summed E-state index contributed by atoms with van der Waals surface area (Å²) in [6, 6.07) is 4.78. The van der Waals surface area contributed by atoms with Crippen molar-refractivity contribution in [2.24, 2.45) is 0 Å². The number of aryl methyl sites for hydroxylation is 1. The molecule has 0 saturated heterocycles. The monoisotopic (exact) mass is 298 g/mol. The van der Waals surface area contributed by atoms with Gasteiger partial charge in [-0.15, -0.1) is 11.3 Å². The Balaban J connectivity index is 2.42. The molecule has 1 aromatic heterocycles.